The molecule has 1 nitrogen and oxygen atoms in total. The highest BCUT2D eigenvalue weighted by Crippen LogP contribution is 2.14. The first-order valence-electron chi connectivity index (χ1n) is 3.58. The Hall–Kier alpha value is -0.960. The highest BCUT2D eigenvalue weighted by atomic mass is 19.2. The fourth-order valence-corrected chi connectivity index (χ4v) is 0.998. The zero-order valence-electron chi connectivity index (χ0n) is 7.03. The van der Waals surface area contributed by atoms with Gasteiger partial charge in [-0.1, -0.05) is 0 Å². The summed E-state index contributed by atoms with van der Waals surface area (Å²) in [5.74, 6) is -1.64. The van der Waals surface area contributed by atoms with E-state index in [0.717, 1.165) is 6.07 Å². The van der Waals surface area contributed by atoms with Crippen LogP contribution in [0.1, 0.15) is 11.1 Å². The van der Waals surface area contributed by atoms with Crippen LogP contribution in [0.2, 0.25) is 0 Å². The smallest absolute Gasteiger partial charge is 0.159 e. The summed E-state index contributed by atoms with van der Waals surface area (Å²) in [4.78, 5) is 0. The Kier molecular flexibility index (Phi) is 2.76. The largest absolute Gasteiger partial charge is 0.380 e. The van der Waals surface area contributed by atoms with E-state index in [0.29, 0.717) is 17.7 Å². The predicted molar refractivity (Wildman–Crippen MR) is 41.8 cm³/mol. The van der Waals surface area contributed by atoms with Crippen molar-refractivity contribution < 1.29 is 13.5 Å². The van der Waals surface area contributed by atoms with Crippen molar-refractivity contribution in [2.24, 2.45) is 0 Å². The van der Waals surface area contributed by atoms with Gasteiger partial charge in [0.1, 0.15) is 0 Å². The highest BCUT2D eigenvalue weighted by Gasteiger charge is 2.05. The monoisotopic (exact) mass is 172 g/mol. The summed E-state index contributed by atoms with van der Waals surface area (Å²) in [5.41, 5.74) is 1.38. The molecule has 1 aromatic carbocycles. The Balaban J connectivity index is 3.05. The summed E-state index contributed by atoms with van der Waals surface area (Å²) in [7, 11) is 1.51. The van der Waals surface area contributed by atoms with Crippen molar-refractivity contribution in [3.05, 3.63) is 34.9 Å². The van der Waals surface area contributed by atoms with Crippen molar-refractivity contribution in [1.29, 1.82) is 0 Å². The van der Waals surface area contributed by atoms with Gasteiger partial charge in [-0.3, -0.25) is 0 Å². The van der Waals surface area contributed by atoms with Gasteiger partial charge in [-0.05, 0) is 30.2 Å². The quantitative estimate of drug-likeness (QED) is 0.665. The van der Waals surface area contributed by atoms with E-state index in [9.17, 15) is 8.78 Å². The molecule has 0 radical (unpaired) electrons. The zero-order valence-corrected chi connectivity index (χ0v) is 7.03. The molecule has 0 aliphatic carbocycles. The highest BCUT2D eigenvalue weighted by molar-refractivity contribution is 5.26. The molecule has 0 aliphatic rings. The molecular formula is C9H10F2O. The van der Waals surface area contributed by atoms with Gasteiger partial charge in [0, 0.05) is 7.11 Å². The Labute approximate surface area is 70.0 Å². The summed E-state index contributed by atoms with van der Waals surface area (Å²) >= 11 is 0. The molecule has 0 N–H and O–H groups in total. The summed E-state index contributed by atoms with van der Waals surface area (Å²) in [6.07, 6.45) is 0. The molecule has 66 valence electrons. The minimum absolute atomic E-state index is 0.309. The number of methoxy groups -OCH3 is 1. The first-order chi connectivity index (χ1) is 5.65. The van der Waals surface area contributed by atoms with Gasteiger partial charge < -0.3 is 4.74 Å². The van der Waals surface area contributed by atoms with Gasteiger partial charge in [-0.25, -0.2) is 8.78 Å². The van der Waals surface area contributed by atoms with Gasteiger partial charge in [0.15, 0.2) is 11.6 Å². The summed E-state index contributed by atoms with van der Waals surface area (Å²) < 4.78 is 30.1. The van der Waals surface area contributed by atoms with Crippen LogP contribution in [0, 0.1) is 18.6 Å². The second kappa shape index (κ2) is 3.63. The van der Waals surface area contributed by atoms with Crippen LogP contribution in [0.4, 0.5) is 8.78 Å². The van der Waals surface area contributed by atoms with Gasteiger partial charge in [0.25, 0.3) is 0 Å². The topological polar surface area (TPSA) is 9.23 Å². The number of aryl methyl sites for hydroxylation is 1. The molecule has 0 saturated heterocycles. The average Bonchev–Trinajstić information content (AvgIpc) is 2.01. The maximum absolute atomic E-state index is 12.7. The third kappa shape index (κ3) is 1.80. The van der Waals surface area contributed by atoms with Crippen LogP contribution >= 0.6 is 0 Å². The molecule has 0 heterocycles. The second-order valence-electron chi connectivity index (χ2n) is 2.63. The lowest BCUT2D eigenvalue weighted by atomic mass is 10.1. The van der Waals surface area contributed by atoms with Crippen LogP contribution in [0.15, 0.2) is 12.1 Å². The summed E-state index contributed by atoms with van der Waals surface area (Å²) in [5, 5.41) is 0. The van der Waals surface area contributed by atoms with Crippen molar-refractivity contribution in [2.45, 2.75) is 13.5 Å². The number of hydrogen-bond donors (Lipinski definition) is 0. The van der Waals surface area contributed by atoms with E-state index in [1.54, 1.807) is 6.92 Å². The maximum Gasteiger partial charge on any atom is 0.159 e. The van der Waals surface area contributed by atoms with E-state index in [1.807, 2.05) is 0 Å². The van der Waals surface area contributed by atoms with E-state index >= 15 is 0 Å². The molecular weight excluding hydrogens is 162 g/mol. The number of rotatable bonds is 2. The average molecular weight is 172 g/mol. The van der Waals surface area contributed by atoms with Crippen LogP contribution in [0.25, 0.3) is 0 Å². The first-order valence-corrected chi connectivity index (χ1v) is 3.58. The molecule has 0 fully saturated rings. The predicted octanol–water partition coefficient (Wildman–Crippen LogP) is 2.42. The summed E-state index contributed by atoms with van der Waals surface area (Å²) in [6.45, 7) is 2.03. The first kappa shape index (κ1) is 9.13. The maximum atomic E-state index is 12.7. The molecule has 0 bridgehead atoms. The van der Waals surface area contributed by atoms with Gasteiger partial charge in [-0.15, -0.1) is 0 Å². The van der Waals surface area contributed by atoms with Crippen LogP contribution in [-0.4, -0.2) is 7.11 Å². The fraction of sp³-hybridized carbons (Fsp3) is 0.333. The molecule has 0 aromatic heterocycles. The zero-order chi connectivity index (χ0) is 9.14. The van der Waals surface area contributed by atoms with Gasteiger partial charge in [0.05, 0.1) is 6.61 Å². The molecule has 1 rings (SSSR count). The lowest BCUT2D eigenvalue weighted by Crippen LogP contribution is -1.95. The van der Waals surface area contributed by atoms with E-state index in [1.165, 1.54) is 13.2 Å². The van der Waals surface area contributed by atoms with Crippen molar-refractivity contribution in [3.8, 4) is 0 Å². The fourth-order valence-electron chi connectivity index (χ4n) is 0.998. The molecule has 3 heteroatoms. The second-order valence-corrected chi connectivity index (χ2v) is 2.63. The number of benzene rings is 1. The van der Waals surface area contributed by atoms with Crippen molar-refractivity contribution in [2.75, 3.05) is 7.11 Å². The molecule has 0 unspecified atom stereocenters. The van der Waals surface area contributed by atoms with Gasteiger partial charge in [-0.2, -0.15) is 0 Å². The Morgan fingerprint density at radius 1 is 1.25 bits per heavy atom. The molecule has 0 amide bonds. The van der Waals surface area contributed by atoms with E-state index < -0.39 is 11.6 Å². The van der Waals surface area contributed by atoms with Crippen LogP contribution < -0.4 is 0 Å². The van der Waals surface area contributed by atoms with Crippen LogP contribution in [-0.2, 0) is 11.3 Å². The van der Waals surface area contributed by atoms with Crippen LogP contribution in [0.5, 0.6) is 0 Å². The number of hydrogen-bond acceptors (Lipinski definition) is 1. The summed E-state index contributed by atoms with van der Waals surface area (Å²) in [6, 6.07) is 2.33. The molecule has 1 aromatic rings. The molecule has 0 saturated carbocycles. The van der Waals surface area contributed by atoms with Crippen molar-refractivity contribution in [3.63, 3.8) is 0 Å². The normalized spacial score (nSPS) is 10.3. The molecule has 0 spiro atoms. The van der Waals surface area contributed by atoms with Gasteiger partial charge >= 0.3 is 0 Å². The Morgan fingerprint density at radius 2 is 1.83 bits per heavy atom. The SMILES string of the molecule is COCc1cc(F)c(F)cc1C. The van der Waals surface area contributed by atoms with E-state index in [-0.39, 0.29) is 0 Å². The minimum Gasteiger partial charge on any atom is -0.380 e. The third-order valence-corrected chi connectivity index (χ3v) is 1.68. The Bertz CT molecular complexity index is 284. The van der Waals surface area contributed by atoms with Crippen molar-refractivity contribution in [1.82, 2.24) is 0 Å². The molecule has 12 heavy (non-hydrogen) atoms. The molecule has 0 aliphatic heterocycles. The Morgan fingerprint density at radius 3 is 2.42 bits per heavy atom. The van der Waals surface area contributed by atoms with E-state index in [2.05, 4.69) is 0 Å². The number of halogens is 2. The van der Waals surface area contributed by atoms with Crippen molar-refractivity contribution >= 4 is 0 Å². The third-order valence-electron chi connectivity index (χ3n) is 1.68. The van der Waals surface area contributed by atoms with Crippen LogP contribution in [0.3, 0.4) is 0 Å². The van der Waals surface area contributed by atoms with E-state index in [4.69, 9.17) is 4.74 Å². The number of ether oxygens (including phenoxy) is 1. The lowest BCUT2D eigenvalue weighted by Gasteiger charge is -2.04. The standard InChI is InChI=1S/C9H10F2O/c1-6-3-8(10)9(11)4-7(6)5-12-2/h3-4H,5H2,1-2H3. The lowest BCUT2D eigenvalue weighted by molar-refractivity contribution is 0.184. The molecule has 0 atom stereocenters. The minimum atomic E-state index is -0.826. The van der Waals surface area contributed by atoms with Gasteiger partial charge in [0.2, 0.25) is 0 Å².